The molecule has 1 aromatic rings. The molecule has 0 radical (unpaired) electrons. The van der Waals surface area contributed by atoms with E-state index in [4.69, 9.17) is 4.74 Å². The van der Waals surface area contributed by atoms with Gasteiger partial charge in [-0.25, -0.2) is 0 Å². The van der Waals surface area contributed by atoms with E-state index in [1.165, 1.54) is 16.7 Å². The molecular formula is C15H23NO. The molecule has 0 aliphatic rings. The average molecular weight is 233 g/mol. The van der Waals surface area contributed by atoms with Gasteiger partial charge in [-0.1, -0.05) is 31.2 Å². The van der Waals surface area contributed by atoms with Gasteiger partial charge in [0.05, 0.1) is 7.11 Å². The van der Waals surface area contributed by atoms with Crippen LogP contribution < -0.4 is 10.1 Å². The van der Waals surface area contributed by atoms with E-state index in [1.807, 2.05) is 7.05 Å². The summed E-state index contributed by atoms with van der Waals surface area (Å²) >= 11 is 0. The zero-order chi connectivity index (χ0) is 12.8. The highest BCUT2D eigenvalue weighted by Gasteiger charge is 2.11. The van der Waals surface area contributed by atoms with Crippen molar-refractivity contribution in [2.45, 2.75) is 32.7 Å². The summed E-state index contributed by atoms with van der Waals surface area (Å²) in [4.78, 5) is 0. The van der Waals surface area contributed by atoms with Crippen molar-refractivity contribution in [2.24, 2.45) is 0 Å². The minimum atomic E-state index is 0.317. The van der Waals surface area contributed by atoms with E-state index in [2.05, 4.69) is 43.9 Å². The molecule has 0 spiro atoms. The van der Waals surface area contributed by atoms with Crippen LogP contribution in [0.4, 0.5) is 0 Å². The first-order chi connectivity index (χ1) is 8.12. The summed E-state index contributed by atoms with van der Waals surface area (Å²) < 4.78 is 5.36. The first kappa shape index (κ1) is 13.8. The van der Waals surface area contributed by atoms with Gasteiger partial charge < -0.3 is 10.1 Å². The van der Waals surface area contributed by atoms with Crippen LogP contribution in [-0.2, 0) is 0 Å². The molecule has 0 fully saturated rings. The average Bonchev–Trinajstić information content (AvgIpc) is 2.36. The molecule has 0 saturated heterocycles. The van der Waals surface area contributed by atoms with E-state index in [-0.39, 0.29) is 0 Å². The highest BCUT2D eigenvalue weighted by Crippen LogP contribution is 2.26. The van der Waals surface area contributed by atoms with E-state index in [9.17, 15) is 0 Å². The van der Waals surface area contributed by atoms with E-state index < -0.39 is 0 Å². The van der Waals surface area contributed by atoms with Gasteiger partial charge in [-0.3, -0.25) is 0 Å². The van der Waals surface area contributed by atoms with Crippen LogP contribution in [0.3, 0.4) is 0 Å². The minimum Gasteiger partial charge on any atom is -0.496 e. The van der Waals surface area contributed by atoms with Crippen molar-refractivity contribution in [3.8, 4) is 5.75 Å². The summed E-state index contributed by atoms with van der Waals surface area (Å²) in [5.74, 6) is 0.949. The van der Waals surface area contributed by atoms with Crippen LogP contribution in [0.5, 0.6) is 5.75 Å². The van der Waals surface area contributed by atoms with Gasteiger partial charge in [-0.2, -0.15) is 0 Å². The van der Waals surface area contributed by atoms with Crippen LogP contribution in [0, 0.1) is 6.92 Å². The van der Waals surface area contributed by atoms with Crippen LogP contribution in [0.2, 0.25) is 0 Å². The van der Waals surface area contributed by atoms with Crippen LogP contribution >= 0.6 is 0 Å². The van der Waals surface area contributed by atoms with Gasteiger partial charge in [0.2, 0.25) is 0 Å². The quantitative estimate of drug-likeness (QED) is 0.758. The lowest BCUT2D eigenvalue weighted by Crippen LogP contribution is -2.17. The maximum absolute atomic E-state index is 5.36. The van der Waals surface area contributed by atoms with Gasteiger partial charge in [0, 0.05) is 6.04 Å². The number of methoxy groups -OCH3 is 1. The Kier molecular flexibility index (Phi) is 5.23. The van der Waals surface area contributed by atoms with Crippen LogP contribution in [-0.4, -0.2) is 14.2 Å². The molecule has 1 N–H and O–H groups in total. The first-order valence-corrected chi connectivity index (χ1v) is 6.10. The number of hydrogen-bond donors (Lipinski definition) is 1. The molecule has 0 saturated carbocycles. The summed E-state index contributed by atoms with van der Waals surface area (Å²) in [7, 11) is 3.70. The largest absolute Gasteiger partial charge is 0.496 e. The normalized spacial score (nSPS) is 12.2. The van der Waals surface area contributed by atoms with Crippen LogP contribution in [0.25, 0.3) is 0 Å². The molecule has 0 bridgehead atoms. The molecule has 0 heterocycles. The van der Waals surface area contributed by atoms with E-state index in [1.54, 1.807) is 7.11 Å². The van der Waals surface area contributed by atoms with E-state index in [0.29, 0.717) is 6.04 Å². The van der Waals surface area contributed by atoms with Crippen molar-refractivity contribution in [3.05, 3.63) is 41.5 Å². The molecule has 2 heteroatoms. The Labute approximate surface area is 105 Å². The Bertz CT molecular complexity index is 385. The third-order valence-corrected chi connectivity index (χ3v) is 3.18. The summed E-state index contributed by atoms with van der Waals surface area (Å²) in [6, 6.07) is 6.69. The number of ether oxygens (including phenoxy) is 1. The van der Waals surface area contributed by atoms with Gasteiger partial charge >= 0.3 is 0 Å². The summed E-state index contributed by atoms with van der Waals surface area (Å²) in [5, 5.41) is 3.34. The molecule has 17 heavy (non-hydrogen) atoms. The lowest BCUT2D eigenvalue weighted by atomic mass is 9.97. The topological polar surface area (TPSA) is 21.3 Å². The van der Waals surface area contributed by atoms with Gasteiger partial charge in [0.1, 0.15) is 5.75 Å². The predicted octanol–water partition coefficient (Wildman–Crippen LogP) is 3.62. The third kappa shape index (κ3) is 3.60. The van der Waals surface area contributed by atoms with Crippen LogP contribution in [0.15, 0.2) is 30.4 Å². The number of aryl methyl sites for hydroxylation is 1. The molecule has 0 amide bonds. The SMILES string of the molecule is C=C(CC)CC(NC)c1ccc(C)c(OC)c1. The highest BCUT2D eigenvalue weighted by molar-refractivity contribution is 5.38. The Morgan fingerprint density at radius 1 is 1.47 bits per heavy atom. The van der Waals surface area contributed by atoms with E-state index in [0.717, 1.165) is 18.6 Å². The molecule has 1 unspecified atom stereocenters. The summed E-state index contributed by atoms with van der Waals surface area (Å²) in [6.45, 7) is 8.28. The van der Waals surface area contributed by atoms with Crippen molar-refractivity contribution in [1.29, 1.82) is 0 Å². The number of nitrogens with one attached hydrogen (secondary N) is 1. The van der Waals surface area contributed by atoms with Crippen molar-refractivity contribution in [3.63, 3.8) is 0 Å². The van der Waals surface area contributed by atoms with Crippen LogP contribution in [0.1, 0.15) is 36.9 Å². The second-order valence-electron chi connectivity index (χ2n) is 4.38. The van der Waals surface area contributed by atoms with Gasteiger partial charge in [-0.15, -0.1) is 0 Å². The van der Waals surface area contributed by atoms with Crippen molar-refractivity contribution in [1.82, 2.24) is 5.32 Å². The van der Waals surface area contributed by atoms with E-state index >= 15 is 0 Å². The molecule has 1 aromatic carbocycles. The number of rotatable bonds is 6. The maximum Gasteiger partial charge on any atom is 0.122 e. The Balaban J connectivity index is 2.91. The smallest absolute Gasteiger partial charge is 0.122 e. The van der Waals surface area contributed by atoms with Gasteiger partial charge in [0.25, 0.3) is 0 Å². The Hall–Kier alpha value is -1.28. The number of hydrogen-bond acceptors (Lipinski definition) is 2. The van der Waals surface area contributed by atoms with Gasteiger partial charge in [-0.05, 0) is 44.0 Å². The first-order valence-electron chi connectivity index (χ1n) is 6.10. The zero-order valence-corrected chi connectivity index (χ0v) is 11.3. The lowest BCUT2D eigenvalue weighted by Gasteiger charge is -2.19. The van der Waals surface area contributed by atoms with Gasteiger partial charge in [0.15, 0.2) is 0 Å². The predicted molar refractivity (Wildman–Crippen MR) is 73.6 cm³/mol. The fraction of sp³-hybridized carbons (Fsp3) is 0.467. The summed E-state index contributed by atoms with van der Waals surface area (Å²) in [6.07, 6.45) is 2.00. The third-order valence-electron chi connectivity index (χ3n) is 3.18. The molecule has 94 valence electrons. The molecule has 2 nitrogen and oxygen atoms in total. The fourth-order valence-electron chi connectivity index (χ4n) is 1.87. The molecule has 1 atom stereocenters. The van der Waals surface area contributed by atoms with Crippen molar-refractivity contribution in [2.75, 3.05) is 14.2 Å². The standard InChI is InChI=1S/C15H23NO/c1-6-11(2)9-14(16-4)13-8-7-12(3)15(10-13)17-5/h7-8,10,14,16H,2,6,9H2,1,3-5H3. The minimum absolute atomic E-state index is 0.317. The molecule has 0 aliphatic heterocycles. The Morgan fingerprint density at radius 2 is 2.18 bits per heavy atom. The second-order valence-corrected chi connectivity index (χ2v) is 4.38. The van der Waals surface area contributed by atoms with Crippen molar-refractivity contribution >= 4 is 0 Å². The molecular weight excluding hydrogens is 210 g/mol. The zero-order valence-electron chi connectivity index (χ0n) is 11.3. The summed E-state index contributed by atoms with van der Waals surface area (Å²) in [5.41, 5.74) is 3.69. The van der Waals surface area contributed by atoms with Crippen molar-refractivity contribution < 1.29 is 4.74 Å². The molecule has 1 rings (SSSR count). The fourth-order valence-corrected chi connectivity index (χ4v) is 1.87. The maximum atomic E-state index is 5.36. The molecule has 0 aliphatic carbocycles. The number of benzene rings is 1. The Morgan fingerprint density at radius 3 is 2.71 bits per heavy atom. The highest BCUT2D eigenvalue weighted by atomic mass is 16.5. The second kappa shape index (κ2) is 6.45. The lowest BCUT2D eigenvalue weighted by molar-refractivity contribution is 0.410. The monoisotopic (exact) mass is 233 g/mol. The molecule has 0 aromatic heterocycles.